The lowest BCUT2D eigenvalue weighted by Gasteiger charge is -2.34. The molecular formula is C17H23N3O. The van der Waals surface area contributed by atoms with Gasteiger partial charge in [-0.1, -0.05) is 19.1 Å². The van der Waals surface area contributed by atoms with Crippen LogP contribution in [0.4, 0.5) is 5.69 Å². The number of hydrogen-bond acceptors (Lipinski definition) is 4. The summed E-state index contributed by atoms with van der Waals surface area (Å²) in [6, 6.07) is 8.93. The molecule has 0 saturated carbocycles. The first-order valence-corrected chi connectivity index (χ1v) is 7.66. The van der Waals surface area contributed by atoms with Crippen molar-refractivity contribution in [2.45, 2.75) is 32.4 Å². The van der Waals surface area contributed by atoms with E-state index in [2.05, 4.69) is 41.1 Å². The predicted octanol–water partition coefficient (Wildman–Crippen LogP) is 2.69. The number of hydrogen-bond donors (Lipinski definition) is 1. The number of rotatable bonds is 4. The van der Waals surface area contributed by atoms with E-state index in [0.29, 0.717) is 18.5 Å². The van der Waals surface area contributed by atoms with Crippen LogP contribution in [0.25, 0.3) is 0 Å². The molecule has 112 valence electrons. The Bertz CT molecular complexity index is 529. The smallest absolute Gasteiger partial charge is 0.0674 e. The molecule has 0 radical (unpaired) electrons. The van der Waals surface area contributed by atoms with E-state index >= 15 is 0 Å². The molecule has 4 heteroatoms. The summed E-state index contributed by atoms with van der Waals surface area (Å²) in [4.78, 5) is 6.80. The van der Waals surface area contributed by atoms with Crippen molar-refractivity contribution >= 4 is 11.9 Å². The van der Waals surface area contributed by atoms with Crippen LogP contribution in [-0.4, -0.2) is 25.5 Å². The van der Waals surface area contributed by atoms with Gasteiger partial charge in [0.2, 0.25) is 0 Å². The molecule has 0 aliphatic carbocycles. The van der Waals surface area contributed by atoms with Crippen molar-refractivity contribution < 1.29 is 4.74 Å². The summed E-state index contributed by atoms with van der Waals surface area (Å²) in [6.07, 6.45) is 6.10. The first-order chi connectivity index (χ1) is 10.3. The Hall–Kier alpha value is -1.65. The fourth-order valence-electron chi connectivity index (χ4n) is 3.00. The number of aliphatic imine (C=N–C) groups is 1. The molecule has 2 heterocycles. The minimum Gasteiger partial charge on any atom is -0.379 e. The molecule has 2 aliphatic heterocycles. The topological polar surface area (TPSA) is 50.8 Å². The Morgan fingerprint density at radius 2 is 2.14 bits per heavy atom. The highest BCUT2D eigenvalue weighted by molar-refractivity contribution is 5.65. The van der Waals surface area contributed by atoms with Crippen LogP contribution in [-0.2, 0) is 11.3 Å². The number of nitrogens with two attached hydrogens (primary N) is 1. The maximum Gasteiger partial charge on any atom is 0.0674 e. The lowest BCUT2D eigenvalue weighted by Crippen LogP contribution is -2.36. The number of ether oxygens (including phenoxy) is 1. The summed E-state index contributed by atoms with van der Waals surface area (Å²) >= 11 is 0. The van der Waals surface area contributed by atoms with E-state index < -0.39 is 0 Å². The molecule has 1 saturated heterocycles. The van der Waals surface area contributed by atoms with Gasteiger partial charge in [-0.2, -0.15) is 0 Å². The molecule has 4 nitrogen and oxygen atoms in total. The molecule has 2 aliphatic rings. The van der Waals surface area contributed by atoms with E-state index in [1.54, 1.807) is 0 Å². The van der Waals surface area contributed by atoms with Crippen LogP contribution in [0.3, 0.4) is 0 Å². The van der Waals surface area contributed by atoms with Crippen LogP contribution in [0, 0.1) is 5.92 Å². The molecule has 1 aromatic rings. The van der Waals surface area contributed by atoms with Crippen molar-refractivity contribution in [2.75, 3.05) is 18.1 Å². The molecule has 0 bridgehead atoms. The molecule has 1 fully saturated rings. The van der Waals surface area contributed by atoms with Crippen LogP contribution in [0.5, 0.6) is 0 Å². The quantitative estimate of drug-likeness (QED) is 0.925. The normalized spacial score (nSPS) is 25.0. The fraction of sp³-hybridized carbons (Fsp3) is 0.471. The Balaban J connectivity index is 1.91. The lowest BCUT2D eigenvalue weighted by molar-refractivity contribution is 0.193. The van der Waals surface area contributed by atoms with Crippen molar-refractivity contribution in [3.05, 3.63) is 41.7 Å². The highest BCUT2D eigenvalue weighted by Crippen LogP contribution is 2.30. The first-order valence-electron chi connectivity index (χ1n) is 7.66. The van der Waals surface area contributed by atoms with Gasteiger partial charge in [0.25, 0.3) is 0 Å². The minimum absolute atomic E-state index is 0.403. The SMILES string of the molecule is CC1C=NC=C(N(c2ccc(CN)cc2)[C@@H]2CCOC2)C1. The lowest BCUT2D eigenvalue weighted by atomic mass is 10.0. The van der Waals surface area contributed by atoms with Crippen molar-refractivity contribution in [1.82, 2.24) is 0 Å². The van der Waals surface area contributed by atoms with E-state index in [4.69, 9.17) is 10.5 Å². The van der Waals surface area contributed by atoms with Gasteiger partial charge in [0.15, 0.2) is 0 Å². The van der Waals surface area contributed by atoms with Crippen LogP contribution in [0.1, 0.15) is 25.3 Å². The van der Waals surface area contributed by atoms with Crippen molar-refractivity contribution in [1.29, 1.82) is 0 Å². The third kappa shape index (κ3) is 3.17. The molecule has 21 heavy (non-hydrogen) atoms. The number of benzene rings is 1. The molecule has 0 amide bonds. The number of allylic oxidation sites excluding steroid dienone is 1. The van der Waals surface area contributed by atoms with E-state index in [0.717, 1.165) is 31.6 Å². The largest absolute Gasteiger partial charge is 0.379 e. The monoisotopic (exact) mass is 285 g/mol. The Labute approximate surface area is 126 Å². The maximum absolute atomic E-state index is 5.70. The molecule has 0 spiro atoms. The second kappa shape index (κ2) is 6.41. The standard InChI is InChI=1S/C17H23N3O/c1-13-8-17(11-19-10-13)20(16-6-7-21-12-16)15-4-2-14(9-18)3-5-15/h2-5,10-11,13,16H,6-9,12,18H2,1H3/t13?,16-/m1/s1. The predicted molar refractivity (Wildman–Crippen MR) is 86.4 cm³/mol. The summed E-state index contributed by atoms with van der Waals surface area (Å²) in [5, 5.41) is 0. The highest BCUT2D eigenvalue weighted by Gasteiger charge is 2.27. The van der Waals surface area contributed by atoms with Gasteiger partial charge in [0.1, 0.15) is 0 Å². The fourth-order valence-corrected chi connectivity index (χ4v) is 3.00. The van der Waals surface area contributed by atoms with Gasteiger partial charge >= 0.3 is 0 Å². The molecule has 3 rings (SSSR count). The number of anilines is 1. The van der Waals surface area contributed by atoms with Crippen LogP contribution >= 0.6 is 0 Å². The summed E-state index contributed by atoms with van der Waals surface area (Å²) in [6.45, 7) is 4.41. The highest BCUT2D eigenvalue weighted by atomic mass is 16.5. The van der Waals surface area contributed by atoms with Crippen LogP contribution < -0.4 is 10.6 Å². The van der Waals surface area contributed by atoms with E-state index in [1.807, 2.05) is 12.4 Å². The molecule has 1 unspecified atom stereocenters. The summed E-state index contributed by atoms with van der Waals surface area (Å²) in [7, 11) is 0. The third-order valence-corrected chi connectivity index (χ3v) is 4.13. The second-order valence-corrected chi connectivity index (χ2v) is 5.86. The average Bonchev–Trinajstić information content (AvgIpc) is 3.02. The Morgan fingerprint density at radius 3 is 2.76 bits per heavy atom. The van der Waals surface area contributed by atoms with Gasteiger partial charge in [-0.25, -0.2) is 0 Å². The van der Waals surface area contributed by atoms with Gasteiger partial charge in [-0.3, -0.25) is 4.99 Å². The zero-order valence-corrected chi connectivity index (χ0v) is 12.5. The zero-order valence-electron chi connectivity index (χ0n) is 12.5. The van der Waals surface area contributed by atoms with Crippen molar-refractivity contribution in [2.24, 2.45) is 16.6 Å². The molecule has 1 aromatic carbocycles. The van der Waals surface area contributed by atoms with Crippen LogP contribution in [0.15, 0.2) is 41.2 Å². The van der Waals surface area contributed by atoms with E-state index in [-0.39, 0.29) is 0 Å². The Kier molecular flexibility index (Phi) is 4.36. The van der Waals surface area contributed by atoms with Gasteiger partial charge in [0.05, 0.1) is 12.6 Å². The molecule has 0 aromatic heterocycles. The summed E-state index contributed by atoms with van der Waals surface area (Å²) in [5.74, 6) is 0.484. The maximum atomic E-state index is 5.70. The van der Waals surface area contributed by atoms with Gasteiger partial charge < -0.3 is 15.4 Å². The molecular weight excluding hydrogens is 262 g/mol. The van der Waals surface area contributed by atoms with Gasteiger partial charge in [-0.05, 0) is 36.5 Å². The van der Waals surface area contributed by atoms with Crippen molar-refractivity contribution in [3.63, 3.8) is 0 Å². The summed E-state index contributed by atoms with van der Waals surface area (Å²) < 4.78 is 5.59. The van der Waals surface area contributed by atoms with Crippen molar-refractivity contribution in [3.8, 4) is 0 Å². The van der Waals surface area contributed by atoms with E-state index in [1.165, 1.54) is 11.4 Å². The Morgan fingerprint density at radius 1 is 1.33 bits per heavy atom. The first kappa shape index (κ1) is 14.3. The second-order valence-electron chi connectivity index (χ2n) is 5.86. The zero-order chi connectivity index (χ0) is 14.7. The molecule has 2 atom stereocenters. The third-order valence-electron chi connectivity index (χ3n) is 4.13. The van der Waals surface area contributed by atoms with Gasteiger partial charge in [-0.15, -0.1) is 0 Å². The average molecular weight is 285 g/mol. The molecule has 2 N–H and O–H groups in total. The number of nitrogens with zero attached hydrogens (tertiary/aromatic N) is 2. The van der Waals surface area contributed by atoms with Gasteiger partial charge in [0, 0.05) is 37.0 Å². The minimum atomic E-state index is 0.403. The summed E-state index contributed by atoms with van der Waals surface area (Å²) in [5.41, 5.74) is 9.34. The van der Waals surface area contributed by atoms with E-state index in [9.17, 15) is 0 Å². The van der Waals surface area contributed by atoms with Crippen LogP contribution in [0.2, 0.25) is 0 Å².